The number of aromatic amines is 1. The van der Waals surface area contributed by atoms with Crippen LogP contribution in [-0.2, 0) is 12.1 Å². The minimum absolute atomic E-state index is 0.203. The molecule has 0 unspecified atom stereocenters. The fraction of sp³-hybridized carbons (Fsp3) is 0.217. The van der Waals surface area contributed by atoms with Crippen molar-refractivity contribution in [2.24, 2.45) is 0 Å². The smallest absolute Gasteiger partial charge is 0.263 e. The topological polar surface area (TPSA) is 93.4 Å². The Labute approximate surface area is 178 Å². The number of benzene rings is 2. The molecular weight excluding hydrogens is 390 g/mol. The van der Waals surface area contributed by atoms with Gasteiger partial charge in [0, 0.05) is 12.2 Å². The minimum atomic E-state index is -0.271. The largest absolute Gasteiger partial charge is 0.352 e. The van der Waals surface area contributed by atoms with Gasteiger partial charge < -0.3 is 5.32 Å². The molecule has 0 aliphatic heterocycles. The van der Waals surface area contributed by atoms with E-state index in [1.165, 1.54) is 0 Å². The van der Waals surface area contributed by atoms with E-state index in [1.54, 1.807) is 10.9 Å². The summed E-state index contributed by atoms with van der Waals surface area (Å²) in [5, 5.41) is 8.04. The molecule has 0 aliphatic carbocycles. The Hall–Kier alpha value is -3.94. The van der Waals surface area contributed by atoms with Gasteiger partial charge in [-0.15, -0.1) is 0 Å². The Morgan fingerprint density at radius 2 is 1.84 bits per heavy atom. The van der Waals surface area contributed by atoms with Gasteiger partial charge in [0.15, 0.2) is 5.65 Å². The maximum atomic E-state index is 12.4. The van der Waals surface area contributed by atoms with Crippen molar-refractivity contribution in [2.75, 3.05) is 5.32 Å². The summed E-state index contributed by atoms with van der Waals surface area (Å²) in [5.74, 6) is 0.424. The fourth-order valence-electron chi connectivity index (χ4n) is 3.62. The normalized spacial score (nSPS) is 12.0. The standard InChI is InChI=1S/C23H23N7O/c1-23(2,3)30-20-17(13-26-30)21(31)28-22(27-20)24-12-15-8-10-16(11-9-15)29-14-25-18-6-4-5-7-19(18)29/h4-11,13-14H,12H2,1-3H3,(H2,24,27,28,31). The van der Waals surface area contributed by atoms with Crippen LogP contribution in [0.15, 0.2) is 65.8 Å². The Morgan fingerprint density at radius 1 is 1.06 bits per heavy atom. The van der Waals surface area contributed by atoms with Crippen LogP contribution >= 0.6 is 0 Å². The molecule has 3 aromatic heterocycles. The average Bonchev–Trinajstić information content (AvgIpc) is 3.37. The molecule has 156 valence electrons. The number of imidazole rings is 1. The lowest BCUT2D eigenvalue weighted by Crippen LogP contribution is -2.24. The molecule has 0 saturated carbocycles. The zero-order valence-corrected chi connectivity index (χ0v) is 17.6. The summed E-state index contributed by atoms with van der Waals surface area (Å²) in [5.41, 5.74) is 4.24. The van der Waals surface area contributed by atoms with Crippen molar-refractivity contribution in [3.05, 3.63) is 77.0 Å². The number of aromatic nitrogens is 6. The number of nitrogens with one attached hydrogen (secondary N) is 2. The van der Waals surface area contributed by atoms with Gasteiger partial charge in [-0.2, -0.15) is 10.1 Å². The van der Waals surface area contributed by atoms with E-state index >= 15 is 0 Å². The molecule has 0 fully saturated rings. The van der Waals surface area contributed by atoms with E-state index in [1.807, 2.05) is 57.4 Å². The molecule has 0 atom stereocenters. The van der Waals surface area contributed by atoms with E-state index in [4.69, 9.17) is 0 Å². The van der Waals surface area contributed by atoms with Crippen molar-refractivity contribution in [2.45, 2.75) is 32.9 Å². The molecule has 8 heteroatoms. The molecular formula is C23H23N7O. The van der Waals surface area contributed by atoms with Crippen LogP contribution in [0, 0.1) is 0 Å². The van der Waals surface area contributed by atoms with Crippen molar-refractivity contribution in [1.29, 1.82) is 0 Å². The van der Waals surface area contributed by atoms with Gasteiger partial charge in [0.1, 0.15) is 11.7 Å². The quantitative estimate of drug-likeness (QED) is 0.467. The summed E-state index contributed by atoms with van der Waals surface area (Å²) < 4.78 is 3.83. The van der Waals surface area contributed by atoms with Crippen molar-refractivity contribution < 1.29 is 0 Å². The maximum absolute atomic E-state index is 12.4. The zero-order chi connectivity index (χ0) is 21.6. The number of H-pyrrole nitrogens is 1. The van der Waals surface area contributed by atoms with Gasteiger partial charge in [-0.3, -0.25) is 14.3 Å². The summed E-state index contributed by atoms with van der Waals surface area (Å²) in [6.07, 6.45) is 3.40. The van der Waals surface area contributed by atoms with Crippen LogP contribution in [0.3, 0.4) is 0 Å². The van der Waals surface area contributed by atoms with Crippen molar-refractivity contribution in [3.8, 4) is 5.69 Å². The van der Waals surface area contributed by atoms with Gasteiger partial charge >= 0.3 is 0 Å². The van der Waals surface area contributed by atoms with Gasteiger partial charge in [-0.25, -0.2) is 9.67 Å². The molecule has 2 N–H and O–H groups in total. The maximum Gasteiger partial charge on any atom is 0.263 e. The van der Waals surface area contributed by atoms with Gasteiger partial charge in [0.2, 0.25) is 5.95 Å². The Bertz CT molecular complexity index is 1440. The predicted molar refractivity (Wildman–Crippen MR) is 122 cm³/mol. The molecule has 0 spiro atoms. The van der Waals surface area contributed by atoms with Crippen LogP contribution in [-0.4, -0.2) is 29.3 Å². The van der Waals surface area contributed by atoms with Crippen LogP contribution < -0.4 is 10.9 Å². The molecule has 2 aromatic carbocycles. The SMILES string of the molecule is CC(C)(C)n1ncc2c(=O)[nH]c(NCc3ccc(-n4cnc5ccccc54)cc3)nc21. The molecule has 3 heterocycles. The molecule has 5 rings (SSSR count). The highest BCUT2D eigenvalue weighted by Crippen LogP contribution is 2.20. The predicted octanol–water partition coefficient (Wildman–Crippen LogP) is 3.83. The second kappa shape index (κ2) is 7.09. The van der Waals surface area contributed by atoms with E-state index in [0.29, 0.717) is 23.5 Å². The first kappa shape index (κ1) is 19.0. The molecule has 0 radical (unpaired) electrons. The van der Waals surface area contributed by atoms with Crippen molar-refractivity contribution in [3.63, 3.8) is 0 Å². The first-order chi connectivity index (χ1) is 14.9. The lowest BCUT2D eigenvalue weighted by molar-refractivity contribution is 0.366. The number of para-hydroxylation sites is 2. The highest BCUT2D eigenvalue weighted by molar-refractivity contribution is 5.77. The van der Waals surface area contributed by atoms with Crippen LogP contribution in [0.5, 0.6) is 0 Å². The Kier molecular flexibility index (Phi) is 4.35. The number of rotatable bonds is 4. The van der Waals surface area contributed by atoms with Crippen LogP contribution in [0.4, 0.5) is 5.95 Å². The minimum Gasteiger partial charge on any atom is -0.352 e. The summed E-state index contributed by atoms with van der Waals surface area (Å²) in [6.45, 7) is 6.62. The van der Waals surface area contributed by atoms with E-state index in [-0.39, 0.29) is 11.1 Å². The van der Waals surface area contributed by atoms with Crippen molar-refractivity contribution in [1.82, 2.24) is 29.3 Å². The molecule has 0 saturated heterocycles. The van der Waals surface area contributed by atoms with Crippen LogP contribution in [0.25, 0.3) is 27.8 Å². The van der Waals surface area contributed by atoms with Gasteiger partial charge in [-0.1, -0.05) is 24.3 Å². The van der Waals surface area contributed by atoms with E-state index in [0.717, 1.165) is 22.3 Å². The first-order valence-electron chi connectivity index (χ1n) is 10.1. The third-order valence-electron chi connectivity index (χ3n) is 5.20. The molecule has 0 aliphatic rings. The number of nitrogens with zero attached hydrogens (tertiary/aromatic N) is 5. The summed E-state index contributed by atoms with van der Waals surface area (Å²) >= 11 is 0. The molecule has 0 bridgehead atoms. The Balaban J connectivity index is 1.38. The monoisotopic (exact) mass is 413 g/mol. The third-order valence-corrected chi connectivity index (χ3v) is 5.20. The van der Waals surface area contributed by atoms with E-state index in [9.17, 15) is 4.79 Å². The molecule has 8 nitrogen and oxygen atoms in total. The zero-order valence-electron chi connectivity index (χ0n) is 17.6. The number of fused-ring (bicyclic) bond motifs is 2. The Morgan fingerprint density at radius 3 is 2.61 bits per heavy atom. The van der Waals surface area contributed by atoms with Crippen LogP contribution in [0.1, 0.15) is 26.3 Å². The number of anilines is 1. The lowest BCUT2D eigenvalue weighted by Gasteiger charge is -2.19. The fourth-order valence-corrected chi connectivity index (χ4v) is 3.62. The summed E-state index contributed by atoms with van der Waals surface area (Å²) in [7, 11) is 0. The van der Waals surface area contributed by atoms with E-state index < -0.39 is 0 Å². The summed E-state index contributed by atoms with van der Waals surface area (Å²) in [6, 6.07) is 16.3. The van der Waals surface area contributed by atoms with Crippen LogP contribution in [0.2, 0.25) is 0 Å². The third kappa shape index (κ3) is 3.46. The number of hydrogen-bond donors (Lipinski definition) is 2. The second-order valence-electron chi connectivity index (χ2n) is 8.50. The lowest BCUT2D eigenvalue weighted by atomic mass is 10.1. The molecule has 5 aromatic rings. The van der Waals surface area contributed by atoms with Crippen molar-refractivity contribution >= 4 is 28.0 Å². The van der Waals surface area contributed by atoms with E-state index in [2.05, 4.69) is 48.1 Å². The molecule has 31 heavy (non-hydrogen) atoms. The average molecular weight is 413 g/mol. The van der Waals surface area contributed by atoms with Gasteiger partial charge in [0.25, 0.3) is 5.56 Å². The van der Waals surface area contributed by atoms with Gasteiger partial charge in [0.05, 0.1) is 22.8 Å². The molecule has 0 amide bonds. The van der Waals surface area contributed by atoms with Gasteiger partial charge in [-0.05, 0) is 50.6 Å². The highest BCUT2D eigenvalue weighted by atomic mass is 16.1. The highest BCUT2D eigenvalue weighted by Gasteiger charge is 2.19. The first-order valence-corrected chi connectivity index (χ1v) is 10.1. The number of hydrogen-bond acceptors (Lipinski definition) is 5. The summed E-state index contributed by atoms with van der Waals surface area (Å²) in [4.78, 5) is 24.3. The second-order valence-corrected chi connectivity index (χ2v) is 8.50.